The number of allylic oxidation sites excluding steroid dienone is 1. The number of urea groups is 1. The number of likely N-dealkylation sites (N-methyl/N-ethyl adjacent to an activating group) is 1. The molecule has 4 aliphatic rings. The van der Waals surface area contributed by atoms with Crippen LogP contribution in [-0.4, -0.2) is 138 Å². The van der Waals surface area contributed by atoms with Gasteiger partial charge in [-0.25, -0.2) is 9.59 Å². The van der Waals surface area contributed by atoms with E-state index in [4.69, 9.17) is 9.47 Å². The van der Waals surface area contributed by atoms with Crippen molar-refractivity contribution in [2.45, 2.75) is 99.0 Å². The van der Waals surface area contributed by atoms with Gasteiger partial charge in [-0.2, -0.15) is 0 Å². The summed E-state index contributed by atoms with van der Waals surface area (Å²) < 4.78 is 11.2. The first kappa shape index (κ1) is 52.2. The van der Waals surface area contributed by atoms with Crippen molar-refractivity contribution in [3.63, 3.8) is 0 Å². The van der Waals surface area contributed by atoms with E-state index >= 15 is 0 Å². The standard InChI is InChI=1S/C49H58IN8O13/c1-28(52-41(63)15-19-50-42-37(59)12-13-38(42)60)43(64)56-49(17-18-49)46(67)53-33-7-3-29(4-8-33)27-71-48(69)57(2)20-22-70-21-16-31-6-9-34(24-39(31)61)54-47(68)51-25-30-5-10-35-32(23-30)26-58(45(35)66)36-11-14-40(62)55-44(36)65/h3-10,12-13,23-24,28,36-37,42,44,59,61,65H,11,14-22,25-27H2,1-2H3,(H,52,63)(H,53,67)(H,55,62)(H,56,64)(H2,51,54,68)/q-1/t28-,36?,37?,42?,44?/m0/s1. The van der Waals surface area contributed by atoms with Crippen LogP contribution in [0.15, 0.2) is 72.8 Å². The number of nitrogens with zero attached hydrogens (tertiary/aromatic N) is 2. The number of aliphatic hydroxyl groups excluding tert-OH is 2. The summed E-state index contributed by atoms with van der Waals surface area (Å²) in [7, 11) is 1.57. The quantitative estimate of drug-likeness (QED) is 0.0335. The Balaban J connectivity index is 0.740. The Labute approximate surface area is 419 Å². The number of hydrogen-bond acceptors (Lipinski definition) is 13. The number of fused-ring (bicyclic) bond motifs is 1. The molecule has 2 aliphatic carbocycles. The number of rotatable bonds is 21. The van der Waals surface area contributed by atoms with Crippen LogP contribution in [0.3, 0.4) is 0 Å². The Morgan fingerprint density at radius 2 is 1.70 bits per heavy atom. The summed E-state index contributed by atoms with van der Waals surface area (Å²) in [6.07, 6.45) is 2.27. The zero-order valence-electron chi connectivity index (χ0n) is 39.2. The fraction of sp³-hybridized carbons (Fsp3) is 0.429. The molecule has 8 amide bonds. The second kappa shape index (κ2) is 23.5. The summed E-state index contributed by atoms with van der Waals surface area (Å²) in [6, 6.07) is 14.8. The number of phenolic OH excluding ortho intramolecular Hbond substituents is 1. The van der Waals surface area contributed by atoms with E-state index in [1.54, 1.807) is 60.5 Å². The van der Waals surface area contributed by atoms with Gasteiger partial charge in [-0.1, -0.05) is 30.3 Å². The van der Waals surface area contributed by atoms with Crippen molar-refractivity contribution in [3.05, 3.63) is 101 Å². The zero-order valence-corrected chi connectivity index (χ0v) is 41.4. The third kappa shape index (κ3) is 13.8. The Kier molecular flexibility index (Phi) is 17.3. The number of ether oxygens (including phenoxy) is 2. The van der Waals surface area contributed by atoms with Crippen LogP contribution in [-0.2, 0) is 59.6 Å². The summed E-state index contributed by atoms with van der Waals surface area (Å²) in [5.41, 5.74) is 3.05. The number of aromatic hydroxyl groups is 1. The van der Waals surface area contributed by atoms with E-state index in [-0.39, 0.29) is 81.6 Å². The number of halogens is 1. The number of piperidine rings is 1. The zero-order chi connectivity index (χ0) is 50.8. The first-order valence-corrected chi connectivity index (χ1v) is 26.0. The minimum absolute atomic E-state index is 0.0259. The predicted octanol–water partition coefficient (Wildman–Crippen LogP) is -1.47. The topological polar surface area (TPSA) is 294 Å². The van der Waals surface area contributed by atoms with Crippen molar-refractivity contribution < 1.29 is 84.4 Å². The van der Waals surface area contributed by atoms with Crippen LogP contribution < -0.4 is 53.1 Å². The molecule has 1 saturated heterocycles. The number of ketones is 1. The third-order valence-electron chi connectivity index (χ3n) is 12.5. The molecule has 2 aliphatic heterocycles. The molecule has 1 saturated carbocycles. The number of aliphatic hydroxyl groups is 2. The normalized spacial score (nSPS) is 20.1. The first-order valence-electron chi connectivity index (χ1n) is 23.2. The predicted molar refractivity (Wildman–Crippen MR) is 251 cm³/mol. The van der Waals surface area contributed by atoms with E-state index in [0.29, 0.717) is 58.2 Å². The molecule has 7 rings (SSSR count). The number of benzene rings is 3. The minimum atomic E-state index is -1.13. The van der Waals surface area contributed by atoms with Crippen LogP contribution in [0.25, 0.3) is 0 Å². The van der Waals surface area contributed by atoms with E-state index in [1.807, 2.05) is 6.07 Å². The Bertz CT molecular complexity index is 2560. The van der Waals surface area contributed by atoms with E-state index in [0.717, 1.165) is 11.1 Å². The number of hydrogen-bond donors (Lipinski definition) is 9. The van der Waals surface area contributed by atoms with Crippen LogP contribution >= 0.6 is 0 Å². The van der Waals surface area contributed by atoms with Crippen LogP contribution in [0.5, 0.6) is 5.75 Å². The summed E-state index contributed by atoms with van der Waals surface area (Å²) in [4.78, 5) is 103. The molecular weight excluding hydrogens is 1040 g/mol. The fourth-order valence-corrected chi connectivity index (χ4v) is 11.0. The Morgan fingerprint density at radius 1 is 0.958 bits per heavy atom. The van der Waals surface area contributed by atoms with Gasteiger partial charge >= 0.3 is 179 Å². The SMILES string of the molecule is C[C@H](NC(=O)CC[I-]C1C(=O)C=CC1O)C(=O)NC1(C(=O)Nc2ccc(COC(=O)N(C)CCOCCc3ccc(NC(=O)NCc4ccc5c(c4)CN(C4CCC(=O)NC4O)C5=O)cc3O)cc2)CC1. The van der Waals surface area contributed by atoms with E-state index < -0.39 is 79.0 Å². The van der Waals surface area contributed by atoms with Crippen molar-refractivity contribution in [1.29, 1.82) is 0 Å². The van der Waals surface area contributed by atoms with Crippen molar-refractivity contribution >= 4 is 58.8 Å². The molecule has 5 atom stereocenters. The van der Waals surface area contributed by atoms with Gasteiger partial charge in [-0.15, -0.1) is 0 Å². The molecule has 2 fully saturated rings. The summed E-state index contributed by atoms with van der Waals surface area (Å²) in [5.74, 6) is -1.87. The van der Waals surface area contributed by atoms with Crippen molar-refractivity contribution in [2.24, 2.45) is 0 Å². The van der Waals surface area contributed by atoms with Crippen LogP contribution in [0.2, 0.25) is 0 Å². The second-order valence-electron chi connectivity index (χ2n) is 17.8. The molecule has 0 spiro atoms. The first-order chi connectivity index (χ1) is 34.0. The molecule has 2 heterocycles. The van der Waals surface area contributed by atoms with Crippen molar-refractivity contribution in [3.8, 4) is 5.75 Å². The van der Waals surface area contributed by atoms with Crippen LogP contribution in [0.4, 0.5) is 21.0 Å². The molecule has 21 nitrogen and oxygen atoms in total. The molecule has 0 bridgehead atoms. The number of carbonyl (C=O) groups is 8. The van der Waals surface area contributed by atoms with Gasteiger partial charge in [0.2, 0.25) is 5.91 Å². The van der Waals surface area contributed by atoms with E-state index in [2.05, 4.69) is 31.9 Å². The maximum absolute atomic E-state index is 13.2. The summed E-state index contributed by atoms with van der Waals surface area (Å²) in [6.45, 7) is 2.64. The summed E-state index contributed by atoms with van der Waals surface area (Å²) in [5, 5.41) is 47.0. The molecule has 0 aromatic heterocycles. The number of alkyl halides is 2. The maximum atomic E-state index is 13.2. The van der Waals surface area contributed by atoms with Gasteiger partial charge < -0.3 is 45.4 Å². The number of nitrogens with one attached hydrogen (secondary N) is 6. The molecule has 71 heavy (non-hydrogen) atoms. The molecule has 4 unspecified atom stereocenters. The van der Waals surface area contributed by atoms with E-state index in [1.165, 1.54) is 30.0 Å². The van der Waals surface area contributed by atoms with E-state index in [9.17, 15) is 53.7 Å². The molecular formula is C49H58IN8O13-. The summed E-state index contributed by atoms with van der Waals surface area (Å²) >= 11 is -0.740. The molecule has 3 aromatic rings. The Morgan fingerprint density at radius 3 is 2.41 bits per heavy atom. The third-order valence-corrected chi connectivity index (χ3v) is 15.9. The van der Waals surface area contributed by atoms with Gasteiger partial charge in [0.1, 0.15) is 18.6 Å². The van der Waals surface area contributed by atoms with Gasteiger partial charge in [-0.05, 0) is 47.2 Å². The number of phenols is 1. The van der Waals surface area contributed by atoms with Crippen molar-refractivity contribution in [1.82, 2.24) is 31.1 Å². The molecule has 22 heteroatoms. The van der Waals surface area contributed by atoms with Gasteiger partial charge in [0, 0.05) is 50.4 Å². The average molecular weight is 1090 g/mol. The molecule has 3 aromatic carbocycles. The number of carbonyl (C=O) groups excluding carboxylic acids is 8. The monoisotopic (exact) mass is 1090 g/mol. The number of anilines is 2. The van der Waals surface area contributed by atoms with Gasteiger partial charge in [0.05, 0.1) is 19.3 Å². The van der Waals surface area contributed by atoms with Crippen LogP contribution in [0.1, 0.15) is 71.6 Å². The molecule has 380 valence electrons. The Hall–Kier alpha value is -6.63. The van der Waals surface area contributed by atoms with Crippen LogP contribution in [0, 0.1) is 0 Å². The molecule has 9 N–H and O–H groups in total. The fourth-order valence-electron chi connectivity index (χ4n) is 8.08. The van der Waals surface area contributed by atoms with Crippen molar-refractivity contribution in [2.75, 3.05) is 41.9 Å². The molecule has 0 radical (unpaired) electrons. The van der Waals surface area contributed by atoms with Gasteiger partial charge in [0.15, 0.2) is 0 Å². The van der Waals surface area contributed by atoms with Gasteiger partial charge in [-0.3, -0.25) is 9.59 Å². The van der Waals surface area contributed by atoms with Gasteiger partial charge in [0.25, 0.3) is 5.91 Å². The second-order valence-corrected chi connectivity index (χ2v) is 21.1. The number of amides is 8. The average Bonchev–Trinajstić information content (AvgIpc) is 3.96.